The molecule has 0 bridgehead atoms. The number of likely N-dealkylation sites (tertiary alicyclic amines) is 1. The molecule has 2 N–H and O–H groups in total. The molecule has 1 aliphatic heterocycles. The normalized spacial score (nSPS) is 15.3. The zero-order valence-electron chi connectivity index (χ0n) is 13.5. The van der Waals surface area contributed by atoms with Gasteiger partial charge in [-0.05, 0) is 43.5 Å². The van der Waals surface area contributed by atoms with E-state index in [4.69, 9.17) is 11.6 Å². The summed E-state index contributed by atoms with van der Waals surface area (Å²) in [6, 6.07) is 6.90. The highest BCUT2D eigenvalue weighted by atomic mass is 35.5. The maximum atomic E-state index is 12.2. The van der Waals surface area contributed by atoms with Crippen LogP contribution in [0.4, 0.5) is 10.5 Å². The van der Waals surface area contributed by atoms with E-state index in [1.165, 1.54) is 0 Å². The quantitative estimate of drug-likeness (QED) is 0.808. The number of urea groups is 1. The average Bonchev–Trinajstić information content (AvgIpc) is 2.57. The van der Waals surface area contributed by atoms with E-state index in [0.29, 0.717) is 31.0 Å². The van der Waals surface area contributed by atoms with Crippen molar-refractivity contribution in [2.45, 2.75) is 32.6 Å². The van der Waals surface area contributed by atoms with Crippen LogP contribution in [0.25, 0.3) is 0 Å². The van der Waals surface area contributed by atoms with E-state index < -0.39 is 0 Å². The van der Waals surface area contributed by atoms with Gasteiger partial charge in [0, 0.05) is 36.3 Å². The molecule has 6 heteroatoms. The second kappa shape index (κ2) is 8.77. The van der Waals surface area contributed by atoms with Gasteiger partial charge in [-0.25, -0.2) is 4.79 Å². The SMILES string of the molecule is CCCCNC(=O)C1CCN(C(=O)Nc2ccc(Cl)cc2)CC1. The molecule has 1 aromatic rings. The van der Waals surface area contributed by atoms with Gasteiger partial charge >= 0.3 is 6.03 Å². The Bertz CT molecular complexity index is 525. The molecule has 2 rings (SSSR count). The Morgan fingerprint density at radius 2 is 1.87 bits per heavy atom. The van der Waals surface area contributed by atoms with Crippen molar-refractivity contribution in [3.63, 3.8) is 0 Å². The summed E-state index contributed by atoms with van der Waals surface area (Å²) in [5.41, 5.74) is 0.721. The summed E-state index contributed by atoms with van der Waals surface area (Å²) >= 11 is 5.83. The monoisotopic (exact) mass is 337 g/mol. The fourth-order valence-electron chi connectivity index (χ4n) is 2.61. The lowest BCUT2D eigenvalue weighted by Crippen LogP contribution is -2.44. The number of nitrogens with one attached hydrogen (secondary N) is 2. The minimum atomic E-state index is -0.128. The van der Waals surface area contributed by atoms with Gasteiger partial charge in [0.05, 0.1) is 0 Å². The van der Waals surface area contributed by atoms with Crippen molar-refractivity contribution in [2.24, 2.45) is 5.92 Å². The van der Waals surface area contributed by atoms with Gasteiger partial charge in [-0.15, -0.1) is 0 Å². The molecule has 1 aliphatic rings. The van der Waals surface area contributed by atoms with Crippen molar-refractivity contribution in [1.29, 1.82) is 0 Å². The third-order valence-corrected chi connectivity index (χ3v) is 4.33. The maximum absolute atomic E-state index is 12.2. The van der Waals surface area contributed by atoms with Crippen molar-refractivity contribution >= 4 is 29.2 Å². The molecule has 0 radical (unpaired) electrons. The van der Waals surface area contributed by atoms with Crippen molar-refractivity contribution in [2.75, 3.05) is 25.0 Å². The smallest absolute Gasteiger partial charge is 0.321 e. The first-order valence-electron chi connectivity index (χ1n) is 8.19. The Kier molecular flexibility index (Phi) is 6.71. The molecule has 0 atom stereocenters. The lowest BCUT2D eigenvalue weighted by molar-refractivity contribution is -0.126. The predicted molar refractivity (Wildman–Crippen MR) is 92.7 cm³/mol. The second-order valence-corrected chi connectivity index (χ2v) is 6.28. The first-order valence-corrected chi connectivity index (χ1v) is 8.57. The summed E-state index contributed by atoms with van der Waals surface area (Å²) < 4.78 is 0. The maximum Gasteiger partial charge on any atom is 0.321 e. The zero-order chi connectivity index (χ0) is 16.7. The number of halogens is 1. The highest BCUT2D eigenvalue weighted by molar-refractivity contribution is 6.30. The van der Waals surface area contributed by atoms with E-state index in [2.05, 4.69) is 17.6 Å². The molecule has 0 saturated carbocycles. The molecule has 0 aliphatic carbocycles. The first kappa shape index (κ1) is 17.6. The Labute approximate surface area is 142 Å². The highest BCUT2D eigenvalue weighted by Gasteiger charge is 2.27. The molecule has 3 amide bonds. The number of nitrogens with zero attached hydrogens (tertiary/aromatic N) is 1. The molecule has 1 heterocycles. The Hall–Kier alpha value is -1.75. The molecule has 126 valence electrons. The number of unbranched alkanes of at least 4 members (excludes halogenated alkanes) is 1. The fourth-order valence-corrected chi connectivity index (χ4v) is 2.74. The Morgan fingerprint density at radius 3 is 2.48 bits per heavy atom. The molecule has 5 nitrogen and oxygen atoms in total. The van der Waals surface area contributed by atoms with Gasteiger partial charge in [0.25, 0.3) is 0 Å². The Morgan fingerprint density at radius 1 is 1.22 bits per heavy atom. The van der Waals surface area contributed by atoms with Crippen LogP contribution < -0.4 is 10.6 Å². The molecule has 0 unspecified atom stereocenters. The van der Waals surface area contributed by atoms with E-state index in [1.54, 1.807) is 29.2 Å². The number of benzene rings is 1. The zero-order valence-corrected chi connectivity index (χ0v) is 14.2. The van der Waals surface area contributed by atoms with Gasteiger partial charge in [0.1, 0.15) is 0 Å². The first-order chi connectivity index (χ1) is 11.1. The third kappa shape index (κ3) is 5.43. The fraction of sp³-hybridized carbons (Fsp3) is 0.529. The standard InChI is InChI=1S/C17H24ClN3O2/c1-2-3-10-19-16(22)13-8-11-21(12-9-13)17(23)20-15-6-4-14(18)5-7-15/h4-7,13H,2-3,8-12H2,1H3,(H,19,22)(H,20,23). The molecular weight excluding hydrogens is 314 g/mol. The molecule has 0 aromatic heterocycles. The van der Waals surface area contributed by atoms with Crippen molar-refractivity contribution < 1.29 is 9.59 Å². The third-order valence-electron chi connectivity index (χ3n) is 4.08. The number of hydrogen-bond acceptors (Lipinski definition) is 2. The number of carbonyl (C=O) groups excluding carboxylic acids is 2. The largest absolute Gasteiger partial charge is 0.356 e. The van der Waals surface area contributed by atoms with Gasteiger partial charge in [-0.1, -0.05) is 24.9 Å². The van der Waals surface area contributed by atoms with Gasteiger partial charge in [0.2, 0.25) is 5.91 Å². The topological polar surface area (TPSA) is 61.4 Å². The number of rotatable bonds is 5. The Balaban J connectivity index is 1.76. The predicted octanol–water partition coefficient (Wildman–Crippen LogP) is 3.50. The number of anilines is 1. The van der Waals surface area contributed by atoms with Crippen LogP contribution in [-0.4, -0.2) is 36.5 Å². The van der Waals surface area contributed by atoms with E-state index in [9.17, 15) is 9.59 Å². The van der Waals surface area contributed by atoms with E-state index in [-0.39, 0.29) is 17.9 Å². The van der Waals surface area contributed by atoms with E-state index >= 15 is 0 Å². The average molecular weight is 338 g/mol. The van der Waals surface area contributed by atoms with Crippen LogP contribution >= 0.6 is 11.6 Å². The molecule has 0 spiro atoms. The van der Waals surface area contributed by atoms with Crippen molar-refractivity contribution in [3.8, 4) is 0 Å². The number of carbonyl (C=O) groups is 2. The van der Waals surface area contributed by atoms with Gasteiger partial charge in [-0.2, -0.15) is 0 Å². The van der Waals surface area contributed by atoms with Crippen LogP contribution in [0.15, 0.2) is 24.3 Å². The molecule has 1 aromatic carbocycles. The lowest BCUT2D eigenvalue weighted by Gasteiger charge is -2.31. The van der Waals surface area contributed by atoms with Crippen molar-refractivity contribution in [1.82, 2.24) is 10.2 Å². The van der Waals surface area contributed by atoms with Crippen molar-refractivity contribution in [3.05, 3.63) is 29.3 Å². The van der Waals surface area contributed by atoms with Crippen LogP contribution in [0, 0.1) is 5.92 Å². The van der Waals surface area contributed by atoms with Gasteiger partial charge in [0.15, 0.2) is 0 Å². The van der Waals surface area contributed by atoms with Crippen LogP contribution in [0.3, 0.4) is 0 Å². The highest BCUT2D eigenvalue weighted by Crippen LogP contribution is 2.19. The van der Waals surface area contributed by atoms with Crippen LogP contribution in [0.5, 0.6) is 0 Å². The number of piperidine rings is 1. The summed E-state index contributed by atoms with van der Waals surface area (Å²) in [5.74, 6) is 0.141. The molecule has 1 saturated heterocycles. The van der Waals surface area contributed by atoms with E-state index in [0.717, 1.165) is 25.1 Å². The van der Waals surface area contributed by atoms with Crippen LogP contribution in [0.2, 0.25) is 5.02 Å². The number of hydrogen-bond donors (Lipinski definition) is 2. The number of amides is 3. The van der Waals surface area contributed by atoms with Gasteiger partial charge < -0.3 is 15.5 Å². The minimum Gasteiger partial charge on any atom is -0.356 e. The lowest BCUT2D eigenvalue weighted by atomic mass is 9.96. The summed E-state index contributed by atoms with van der Waals surface area (Å²) in [6.07, 6.45) is 3.51. The molecule has 23 heavy (non-hydrogen) atoms. The molecular formula is C17H24ClN3O2. The van der Waals surface area contributed by atoms with Crippen LogP contribution in [-0.2, 0) is 4.79 Å². The summed E-state index contributed by atoms with van der Waals surface area (Å²) in [7, 11) is 0. The minimum absolute atomic E-state index is 0.0199. The summed E-state index contributed by atoms with van der Waals surface area (Å²) in [4.78, 5) is 26.0. The second-order valence-electron chi connectivity index (χ2n) is 5.84. The van der Waals surface area contributed by atoms with Crippen LogP contribution in [0.1, 0.15) is 32.6 Å². The van der Waals surface area contributed by atoms with Gasteiger partial charge in [-0.3, -0.25) is 4.79 Å². The summed E-state index contributed by atoms with van der Waals surface area (Å²) in [5, 5.41) is 6.46. The van der Waals surface area contributed by atoms with E-state index in [1.807, 2.05) is 0 Å². The molecule has 1 fully saturated rings. The summed E-state index contributed by atoms with van der Waals surface area (Å²) in [6.45, 7) is 4.05.